The standard InChI is InChI=1S/C20H26N4O4/c1-12-10-13(6-7-16(12)27-5)18(25)24-17(21)14-8-9-23(11-15(14)22-24)19(26)28-20(2,3)4/h6-7,10H,8-9,11,21H2,1-5H3. The van der Waals surface area contributed by atoms with Crippen LogP contribution in [0.1, 0.15) is 48.0 Å². The van der Waals surface area contributed by atoms with Gasteiger partial charge < -0.3 is 20.1 Å². The number of methoxy groups -OCH3 is 1. The van der Waals surface area contributed by atoms with E-state index >= 15 is 0 Å². The molecule has 2 N–H and O–H groups in total. The van der Waals surface area contributed by atoms with Gasteiger partial charge >= 0.3 is 6.09 Å². The number of amides is 1. The quantitative estimate of drug-likeness (QED) is 0.852. The van der Waals surface area contributed by atoms with Gasteiger partial charge in [-0.25, -0.2) is 4.79 Å². The summed E-state index contributed by atoms with van der Waals surface area (Å²) < 4.78 is 11.9. The Labute approximate surface area is 164 Å². The molecular formula is C20H26N4O4. The lowest BCUT2D eigenvalue weighted by Gasteiger charge is -2.29. The van der Waals surface area contributed by atoms with Crippen molar-refractivity contribution < 1.29 is 19.1 Å². The molecule has 0 atom stereocenters. The average Bonchev–Trinajstić information content (AvgIpc) is 2.95. The van der Waals surface area contributed by atoms with Crippen LogP contribution in [0.25, 0.3) is 0 Å². The fourth-order valence-corrected chi connectivity index (χ4v) is 3.19. The van der Waals surface area contributed by atoms with Crippen molar-refractivity contribution in [3.8, 4) is 5.75 Å². The summed E-state index contributed by atoms with van der Waals surface area (Å²) >= 11 is 0. The van der Waals surface area contributed by atoms with Crippen molar-refractivity contribution in [3.05, 3.63) is 40.6 Å². The summed E-state index contributed by atoms with van der Waals surface area (Å²) in [5.74, 6) is 0.705. The molecule has 1 aromatic heterocycles. The van der Waals surface area contributed by atoms with Gasteiger partial charge in [0.25, 0.3) is 5.91 Å². The van der Waals surface area contributed by atoms with Crippen LogP contribution in [0, 0.1) is 6.92 Å². The molecule has 0 radical (unpaired) electrons. The van der Waals surface area contributed by atoms with Crippen LogP contribution in [0.15, 0.2) is 18.2 Å². The normalized spacial score (nSPS) is 13.8. The average molecular weight is 386 g/mol. The number of carbonyl (C=O) groups is 2. The number of anilines is 1. The number of nitrogens with zero attached hydrogens (tertiary/aromatic N) is 3. The zero-order valence-electron chi connectivity index (χ0n) is 16.9. The molecule has 3 rings (SSSR count). The first-order valence-corrected chi connectivity index (χ1v) is 9.14. The van der Waals surface area contributed by atoms with E-state index < -0.39 is 11.7 Å². The second-order valence-electron chi connectivity index (χ2n) is 7.86. The van der Waals surface area contributed by atoms with Gasteiger partial charge in [0.05, 0.1) is 19.3 Å². The van der Waals surface area contributed by atoms with Gasteiger partial charge in [-0.3, -0.25) is 4.79 Å². The van der Waals surface area contributed by atoms with Crippen LogP contribution in [0.2, 0.25) is 0 Å². The molecule has 28 heavy (non-hydrogen) atoms. The zero-order valence-corrected chi connectivity index (χ0v) is 16.9. The number of ether oxygens (including phenoxy) is 2. The van der Waals surface area contributed by atoms with E-state index in [9.17, 15) is 9.59 Å². The summed E-state index contributed by atoms with van der Waals surface area (Å²) in [5.41, 5.74) is 8.37. The third-order valence-electron chi connectivity index (χ3n) is 4.56. The smallest absolute Gasteiger partial charge is 0.410 e. The van der Waals surface area contributed by atoms with Crippen LogP contribution in [-0.2, 0) is 17.7 Å². The predicted octanol–water partition coefficient (Wildman–Crippen LogP) is 2.76. The van der Waals surface area contributed by atoms with Gasteiger partial charge in [-0.15, -0.1) is 0 Å². The Morgan fingerprint density at radius 3 is 2.57 bits per heavy atom. The first kappa shape index (κ1) is 19.7. The van der Waals surface area contributed by atoms with Crippen molar-refractivity contribution in [3.63, 3.8) is 0 Å². The van der Waals surface area contributed by atoms with Gasteiger partial charge in [0.15, 0.2) is 0 Å². The third kappa shape index (κ3) is 3.81. The molecule has 0 aliphatic carbocycles. The summed E-state index contributed by atoms with van der Waals surface area (Å²) in [4.78, 5) is 26.8. The van der Waals surface area contributed by atoms with E-state index in [0.29, 0.717) is 35.8 Å². The first-order chi connectivity index (χ1) is 13.1. The SMILES string of the molecule is COc1ccc(C(=O)n2nc3c(c2N)CCN(C(=O)OC(C)(C)C)C3)cc1C. The zero-order chi connectivity index (χ0) is 20.6. The summed E-state index contributed by atoms with van der Waals surface area (Å²) in [5, 5.41) is 4.39. The number of carbonyl (C=O) groups excluding carboxylic acids is 2. The molecule has 1 aliphatic heterocycles. The maximum Gasteiger partial charge on any atom is 0.410 e. The Kier molecular flexibility index (Phi) is 5.06. The van der Waals surface area contributed by atoms with Crippen molar-refractivity contribution in [2.24, 2.45) is 0 Å². The Hall–Kier alpha value is -3.03. The van der Waals surface area contributed by atoms with Crippen LogP contribution in [-0.4, -0.2) is 45.9 Å². The van der Waals surface area contributed by atoms with Gasteiger partial charge in [-0.2, -0.15) is 9.78 Å². The highest BCUT2D eigenvalue weighted by Gasteiger charge is 2.30. The summed E-state index contributed by atoms with van der Waals surface area (Å²) in [7, 11) is 1.58. The van der Waals surface area contributed by atoms with Crippen LogP contribution in [0.5, 0.6) is 5.75 Å². The van der Waals surface area contributed by atoms with Crippen LogP contribution in [0.4, 0.5) is 10.6 Å². The maximum atomic E-state index is 12.9. The molecule has 2 heterocycles. The van der Waals surface area contributed by atoms with Gasteiger partial charge in [0, 0.05) is 17.7 Å². The lowest BCUT2D eigenvalue weighted by molar-refractivity contribution is 0.0221. The van der Waals surface area contributed by atoms with Gasteiger partial charge in [-0.05, 0) is 57.9 Å². The molecule has 8 nitrogen and oxygen atoms in total. The second-order valence-corrected chi connectivity index (χ2v) is 7.86. The molecule has 1 aromatic carbocycles. The molecule has 1 amide bonds. The highest BCUT2D eigenvalue weighted by Crippen LogP contribution is 2.26. The number of hydrogen-bond acceptors (Lipinski definition) is 6. The van der Waals surface area contributed by atoms with E-state index in [0.717, 1.165) is 11.1 Å². The van der Waals surface area contributed by atoms with Crippen molar-refractivity contribution in [1.82, 2.24) is 14.7 Å². The number of nitrogens with two attached hydrogens (primary N) is 1. The van der Waals surface area contributed by atoms with Crippen molar-refractivity contribution in [2.75, 3.05) is 19.4 Å². The monoisotopic (exact) mass is 386 g/mol. The Morgan fingerprint density at radius 1 is 1.25 bits per heavy atom. The number of rotatable bonds is 2. The fourth-order valence-electron chi connectivity index (χ4n) is 3.19. The molecule has 2 aromatic rings. The lowest BCUT2D eigenvalue weighted by atomic mass is 10.1. The summed E-state index contributed by atoms with van der Waals surface area (Å²) in [6, 6.07) is 5.17. The molecule has 1 aliphatic rings. The van der Waals surface area contributed by atoms with E-state index in [-0.39, 0.29) is 12.5 Å². The largest absolute Gasteiger partial charge is 0.496 e. The predicted molar refractivity (Wildman–Crippen MR) is 104 cm³/mol. The van der Waals surface area contributed by atoms with E-state index in [1.165, 1.54) is 4.68 Å². The Morgan fingerprint density at radius 2 is 1.96 bits per heavy atom. The maximum absolute atomic E-state index is 12.9. The van der Waals surface area contributed by atoms with Gasteiger partial charge in [0.2, 0.25) is 0 Å². The number of fused-ring (bicyclic) bond motifs is 1. The third-order valence-corrected chi connectivity index (χ3v) is 4.56. The highest BCUT2D eigenvalue weighted by molar-refractivity contribution is 5.97. The van der Waals surface area contributed by atoms with Crippen molar-refractivity contribution in [2.45, 2.75) is 46.3 Å². The first-order valence-electron chi connectivity index (χ1n) is 9.14. The van der Waals surface area contributed by atoms with E-state index in [2.05, 4.69) is 5.10 Å². The molecule has 0 unspecified atom stereocenters. The Balaban J connectivity index is 1.84. The van der Waals surface area contributed by atoms with Crippen LogP contribution < -0.4 is 10.5 Å². The molecule has 0 bridgehead atoms. The van der Waals surface area contributed by atoms with Gasteiger partial charge in [-0.1, -0.05) is 0 Å². The molecular weight excluding hydrogens is 360 g/mol. The molecule has 0 spiro atoms. The minimum absolute atomic E-state index is 0.260. The number of aromatic nitrogens is 2. The highest BCUT2D eigenvalue weighted by atomic mass is 16.6. The minimum Gasteiger partial charge on any atom is -0.496 e. The second kappa shape index (κ2) is 7.18. The lowest BCUT2D eigenvalue weighted by Crippen LogP contribution is -2.39. The number of hydrogen-bond donors (Lipinski definition) is 1. The number of nitrogen functional groups attached to an aromatic ring is 1. The summed E-state index contributed by atoms with van der Waals surface area (Å²) in [6.07, 6.45) is 0.123. The summed E-state index contributed by atoms with van der Waals surface area (Å²) in [6.45, 7) is 8.06. The van der Waals surface area contributed by atoms with Crippen molar-refractivity contribution >= 4 is 17.8 Å². The molecule has 0 fully saturated rings. The molecule has 150 valence electrons. The van der Waals surface area contributed by atoms with E-state index in [1.54, 1.807) is 30.2 Å². The number of aryl methyl sites for hydroxylation is 1. The minimum atomic E-state index is -0.571. The van der Waals surface area contributed by atoms with E-state index in [4.69, 9.17) is 15.2 Å². The molecule has 0 saturated carbocycles. The van der Waals surface area contributed by atoms with Gasteiger partial charge in [0.1, 0.15) is 17.2 Å². The van der Waals surface area contributed by atoms with E-state index in [1.807, 2.05) is 27.7 Å². The van der Waals surface area contributed by atoms with Crippen molar-refractivity contribution in [1.29, 1.82) is 0 Å². The fraction of sp³-hybridized carbons (Fsp3) is 0.450. The molecule has 0 saturated heterocycles. The van der Waals surface area contributed by atoms with Crippen LogP contribution in [0.3, 0.4) is 0 Å². The van der Waals surface area contributed by atoms with Crippen LogP contribution >= 0.6 is 0 Å². The Bertz CT molecular complexity index is 927. The topological polar surface area (TPSA) is 99.7 Å². The molecule has 8 heteroatoms. The number of benzene rings is 1.